The molecule has 0 amide bonds. The molecule has 0 aliphatic carbocycles. The Hall–Kier alpha value is -0.190. The van der Waals surface area contributed by atoms with Crippen molar-refractivity contribution in [1.29, 1.82) is 0 Å². The van der Waals surface area contributed by atoms with Gasteiger partial charge in [-0.25, -0.2) is 0 Å². The maximum atomic E-state index is 8.89. The molecule has 0 aromatic heterocycles. The monoisotopic (exact) mass is 233 g/mol. The minimum Gasteiger partial charge on any atom is -0.550 e. The van der Waals surface area contributed by atoms with Crippen molar-refractivity contribution in [1.82, 2.24) is 0 Å². The van der Waals surface area contributed by atoms with Crippen LogP contribution in [0, 0.1) is 0 Å². The summed E-state index contributed by atoms with van der Waals surface area (Å²) in [6, 6.07) is 0. The predicted octanol–water partition coefficient (Wildman–Crippen LogP) is -2.87. The van der Waals surface area contributed by atoms with E-state index in [1.807, 2.05) is 0 Å². The van der Waals surface area contributed by atoms with E-state index in [0.717, 1.165) is 13.8 Å². The molecule has 0 aliphatic heterocycles. The van der Waals surface area contributed by atoms with Gasteiger partial charge in [0.2, 0.25) is 0 Å². The molecule has 0 atom stereocenters. The van der Waals surface area contributed by atoms with Gasteiger partial charge < -0.3 is 19.8 Å². The molecule has 0 spiro atoms. The Morgan fingerprint density at radius 2 is 1.00 bits per heavy atom. The summed E-state index contributed by atoms with van der Waals surface area (Å²) in [4.78, 5) is 17.8. The molecule has 0 aromatic carbocycles. The number of carbonyl (C=O) groups is 2. The van der Waals surface area contributed by atoms with Gasteiger partial charge in [-0.05, 0) is 13.8 Å². The van der Waals surface area contributed by atoms with Gasteiger partial charge in [-0.2, -0.15) is 0 Å². The van der Waals surface area contributed by atoms with E-state index in [2.05, 4.69) is 0 Å². The van der Waals surface area contributed by atoms with Gasteiger partial charge in [-0.15, -0.1) is 0 Å². The molecule has 0 aromatic rings. The average Bonchev–Trinajstić information content (AvgIpc) is 1.25. The van der Waals surface area contributed by atoms with E-state index in [4.69, 9.17) is 19.8 Å². The van der Waals surface area contributed by atoms with Crippen LogP contribution in [-0.4, -0.2) is 37.8 Å². The van der Waals surface area contributed by atoms with Crippen molar-refractivity contribution in [3.05, 3.63) is 0 Å². The van der Waals surface area contributed by atoms with Crippen LogP contribution in [0.5, 0.6) is 0 Å². The fraction of sp³-hybridized carbons (Fsp3) is 0.500. The molecule has 0 bridgehead atoms. The third-order valence-corrected chi connectivity index (χ3v) is 0. The summed E-state index contributed by atoms with van der Waals surface area (Å²) < 4.78 is 0. The largest absolute Gasteiger partial charge is 0.550 e. The van der Waals surface area contributed by atoms with Crippen molar-refractivity contribution >= 4 is 37.8 Å². The minimum atomic E-state index is -1.08. The van der Waals surface area contributed by atoms with E-state index in [9.17, 15) is 0 Å². The van der Waals surface area contributed by atoms with Crippen LogP contribution >= 0.6 is 0 Å². The summed E-state index contributed by atoms with van der Waals surface area (Å²) in [6.07, 6.45) is 0. The first kappa shape index (κ1) is 15.9. The Morgan fingerprint density at radius 3 is 1.00 bits per heavy atom. The predicted molar refractivity (Wildman–Crippen MR) is 27.1 cm³/mol. The molecule has 0 heterocycles. The summed E-state index contributed by atoms with van der Waals surface area (Å²) in [6.45, 7) is 1.94. The van der Waals surface area contributed by atoms with Crippen molar-refractivity contribution in [3.8, 4) is 0 Å². The van der Waals surface area contributed by atoms with Gasteiger partial charge in [0.25, 0.3) is 0 Å². The van der Waals surface area contributed by atoms with Gasteiger partial charge >= 0.3 is 0 Å². The maximum absolute atomic E-state index is 8.89. The first-order valence-electron chi connectivity index (χ1n) is 1.82. The molecule has 5 heteroatoms. The van der Waals surface area contributed by atoms with E-state index < -0.39 is 11.9 Å². The third kappa shape index (κ3) is 7310. The van der Waals surface area contributed by atoms with Crippen LogP contribution in [0.15, 0.2) is 0 Å². The SMILES string of the molecule is CC(=O)[O-].CC(=O)[O-].[In]. The van der Waals surface area contributed by atoms with E-state index in [1.54, 1.807) is 0 Å². The van der Waals surface area contributed by atoms with E-state index >= 15 is 0 Å². The fourth-order valence-electron chi connectivity index (χ4n) is 0. The summed E-state index contributed by atoms with van der Waals surface area (Å²) in [5.74, 6) is -2.17. The van der Waals surface area contributed by atoms with E-state index in [1.165, 1.54) is 0 Å². The van der Waals surface area contributed by atoms with Gasteiger partial charge in [0.1, 0.15) is 0 Å². The number of carboxylic acids is 2. The summed E-state index contributed by atoms with van der Waals surface area (Å²) in [5, 5.41) is 17.8. The van der Waals surface area contributed by atoms with Crippen molar-refractivity contribution < 1.29 is 19.8 Å². The van der Waals surface area contributed by atoms with Gasteiger partial charge in [0, 0.05) is 37.8 Å². The second kappa shape index (κ2) is 10.7. The molecular formula is C4H6InO4-2. The van der Waals surface area contributed by atoms with Crippen molar-refractivity contribution in [3.63, 3.8) is 0 Å². The standard InChI is InChI=1S/2C2H4O2.In/c2*1-2(3)4;/h2*1H3,(H,3,4);/p-2. The molecule has 0 N–H and O–H groups in total. The topological polar surface area (TPSA) is 80.3 Å². The fourth-order valence-corrected chi connectivity index (χ4v) is 0. The third-order valence-electron chi connectivity index (χ3n) is 0. The summed E-state index contributed by atoms with van der Waals surface area (Å²) in [7, 11) is 0. The number of carbonyl (C=O) groups excluding carboxylic acids is 2. The van der Waals surface area contributed by atoms with Crippen LogP contribution < -0.4 is 10.2 Å². The molecule has 0 saturated carbocycles. The normalized spacial score (nSPS) is 5.56. The molecule has 51 valence electrons. The molecule has 0 saturated heterocycles. The Morgan fingerprint density at radius 1 is 1.00 bits per heavy atom. The zero-order valence-electron chi connectivity index (χ0n) is 5.21. The minimum absolute atomic E-state index is 0. The Bertz CT molecular complexity index is 70.6. The molecule has 0 fully saturated rings. The van der Waals surface area contributed by atoms with E-state index in [-0.39, 0.29) is 25.8 Å². The summed E-state index contributed by atoms with van der Waals surface area (Å²) in [5.41, 5.74) is 0. The average molecular weight is 233 g/mol. The quantitative estimate of drug-likeness (QED) is 0.450. The number of hydrogen-bond acceptors (Lipinski definition) is 4. The Balaban J connectivity index is -0.0000000720. The van der Waals surface area contributed by atoms with Gasteiger partial charge in [0.05, 0.1) is 0 Å². The molecule has 0 aliphatic rings. The zero-order chi connectivity index (χ0) is 7.15. The van der Waals surface area contributed by atoms with Gasteiger partial charge in [-0.1, -0.05) is 0 Å². The van der Waals surface area contributed by atoms with Crippen molar-refractivity contribution in [2.75, 3.05) is 0 Å². The number of rotatable bonds is 0. The van der Waals surface area contributed by atoms with Gasteiger partial charge in [-0.3, -0.25) is 0 Å². The second-order valence-corrected chi connectivity index (χ2v) is 0.983. The first-order valence-corrected chi connectivity index (χ1v) is 1.82. The zero-order valence-corrected chi connectivity index (χ0v) is 8.51. The number of carboxylic acid groups (broad SMARTS) is 2. The van der Waals surface area contributed by atoms with Gasteiger partial charge in [0.15, 0.2) is 0 Å². The Kier molecular flexibility index (Phi) is 19.0. The van der Waals surface area contributed by atoms with Crippen LogP contribution in [0.25, 0.3) is 0 Å². The van der Waals surface area contributed by atoms with Crippen LogP contribution in [0.1, 0.15) is 13.8 Å². The Labute approximate surface area is 71.7 Å². The second-order valence-electron chi connectivity index (χ2n) is 0.983. The van der Waals surface area contributed by atoms with Crippen LogP contribution in [0.2, 0.25) is 0 Å². The smallest absolute Gasteiger partial charge is 0.0383 e. The maximum Gasteiger partial charge on any atom is 0.0383 e. The first-order chi connectivity index (χ1) is 3.46. The van der Waals surface area contributed by atoms with E-state index in [0.29, 0.717) is 0 Å². The van der Waals surface area contributed by atoms with Crippen LogP contribution in [-0.2, 0) is 9.59 Å². The molecule has 0 unspecified atom stereocenters. The van der Waals surface area contributed by atoms with Crippen LogP contribution in [0.4, 0.5) is 0 Å². The molecule has 0 rings (SSSR count). The molecule has 4 nitrogen and oxygen atoms in total. The molecular weight excluding hydrogens is 227 g/mol. The van der Waals surface area contributed by atoms with Crippen LogP contribution in [0.3, 0.4) is 0 Å². The molecule has 3 radical (unpaired) electrons. The van der Waals surface area contributed by atoms with Crippen molar-refractivity contribution in [2.24, 2.45) is 0 Å². The number of hydrogen-bond donors (Lipinski definition) is 0. The number of aliphatic carboxylic acids is 2. The summed E-state index contributed by atoms with van der Waals surface area (Å²) >= 11 is 0. The molecule has 9 heavy (non-hydrogen) atoms. The van der Waals surface area contributed by atoms with Crippen molar-refractivity contribution in [2.45, 2.75) is 13.8 Å².